The van der Waals surface area contributed by atoms with Crippen molar-refractivity contribution >= 4 is 17.2 Å². The Bertz CT molecular complexity index is 1350. The summed E-state index contributed by atoms with van der Waals surface area (Å²) in [5.74, 6) is 0.726. The molecular formula is C22H23N9O2. The Morgan fingerprint density at radius 2 is 2.21 bits per heavy atom. The van der Waals surface area contributed by atoms with E-state index < -0.39 is 0 Å². The highest BCUT2D eigenvalue weighted by Crippen LogP contribution is 2.46. The molecule has 5 rings (SSSR count). The summed E-state index contributed by atoms with van der Waals surface area (Å²) in [6, 6.07) is 5.93. The molecule has 168 valence electrons. The Morgan fingerprint density at radius 3 is 2.97 bits per heavy atom. The third-order valence-electron chi connectivity index (χ3n) is 6.03. The molecule has 2 N–H and O–H groups in total. The van der Waals surface area contributed by atoms with E-state index in [1.165, 1.54) is 6.92 Å². The van der Waals surface area contributed by atoms with Crippen LogP contribution in [0.3, 0.4) is 0 Å². The van der Waals surface area contributed by atoms with E-state index in [0.29, 0.717) is 41.8 Å². The maximum Gasteiger partial charge on any atom is 0.222 e. The van der Waals surface area contributed by atoms with Crippen LogP contribution in [0.15, 0.2) is 36.9 Å². The summed E-state index contributed by atoms with van der Waals surface area (Å²) in [6.07, 6.45) is 9.31. The fourth-order valence-electron chi connectivity index (χ4n) is 4.60. The van der Waals surface area contributed by atoms with Crippen LogP contribution >= 0.6 is 0 Å². The Morgan fingerprint density at radius 1 is 1.36 bits per heavy atom. The van der Waals surface area contributed by atoms with Crippen LogP contribution < -0.4 is 5.32 Å². The lowest BCUT2D eigenvalue weighted by Crippen LogP contribution is -2.47. The van der Waals surface area contributed by atoms with Crippen molar-refractivity contribution in [1.29, 1.82) is 5.26 Å². The number of amides is 1. The van der Waals surface area contributed by atoms with Crippen LogP contribution in [0.25, 0.3) is 28.2 Å². The van der Waals surface area contributed by atoms with Gasteiger partial charge in [0.2, 0.25) is 5.91 Å². The maximum atomic E-state index is 11.3. The molecule has 0 unspecified atom stereocenters. The molecule has 1 fully saturated rings. The largest absolute Gasteiger partial charge is 0.384 e. The normalized spacial score (nSPS) is 19.8. The topological polar surface area (TPSA) is 139 Å². The van der Waals surface area contributed by atoms with Crippen molar-refractivity contribution in [3.05, 3.63) is 36.9 Å². The van der Waals surface area contributed by atoms with Gasteiger partial charge in [0.15, 0.2) is 0 Å². The summed E-state index contributed by atoms with van der Waals surface area (Å²) < 4.78 is 8.93. The molecule has 1 saturated carbocycles. The van der Waals surface area contributed by atoms with E-state index in [2.05, 4.69) is 31.8 Å². The summed E-state index contributed by atoms with van der Waals surface area (Å²) in [7, 11) is 1.70. The zero-order valence-electron chi connectivity index (χ0n) is 18.3. The molecule has 11 nitrogen and oxygen atoms in total. The number of H-pyrrole nitrogens is 1. The first-order valence-corrected chi connectivity index (χ1v) is 10.6. The summed E-state index contributed by atoms with van der Waals surface area (Å²) in [5.41, 5.74) is 3.22. The van der Waals surface area contributed by atoms with E-state index in [-0.39, 0.29) is 11.4 Å². The molecule has 1 amide bonds. The van der Waals surface area contributed by atoms with Crippen molar-refractivity contribution in [2.75, 3.05) is 19.0 Å². The first-order valence-electron chi connectivity index (χ1n) is 10.6. The monoisotopic (exact) mass is 445 g/mol. The first kappa shape index (κ1) is 20.8. The van der Waals surface area contributed by atoms with Gasteiger partial charge in [-0.2, -0.15) is 20.6 Å². The zero-order valence-corrected chi connectivity index (χ0v) is 18.3. The Kier molecular flexibility index (Phi) is 5.14. The lowest BCUT2D eigenvalue weighted by Gasteiger charge is -2.46. The minimum atomic E-state index is -0.320. The van der Waals surface area contributed by atoms with Crippen LogP contribution in [0.5, 0.6) is 0 Å². The van der Waals surface area contributed by atoms with Crippen LogP contribution in [0.4, 0.5) is 5.82 Å². The van der Waals surface area contributed by atoms with Gasteiger partial charge in [-0.25, -0.2) is 9.50 Å². The molecule has 33 heavy (non-hydrogen) atoms. The third kappa shape index (κ3) is 3.74. The quantitative estimate of drug-likeness (QED) is 0.446. The van der Waals surface area contributed by atoms with E-state index in [0.717, 1.165) is 23.9 Å². The van der Waals surface area contributed by atoms with Gasteiger partial charge >= 0.3 is 0 Å². The number of carbonyl (C=O) groups excluding carboxylic acids is 1. The smallest absolute Gasteiger partial charge is 0.222 e. The van der Waals surface area contributed by atoms with Crippen LogP contribution in [0.1, 0.15) is 26.2 Å². The fourth-order valence-corrected chi connectivity index (χ4v) is 4.60. The van der Waals surface area contributed by atoms with Crippen molar-refractivity contribution in [2.45, 2.75) is 31.7 Å². The number of anilines is 1. The molecule has 0 radical (unpaired) electrons. The predicted octanol–water partition coefficient (Wildman–Crippen LogP) is 2.61. The molecular weight excluding hydrogens is 422 g/mol. The second-order valence-electron chi connectivity index (χ2n) is 8.45. The molecule has 4 heterocycles. The molecule has 4 aromatic heterocycles. The number of ether oxygens (including phenoxy) is 1. The lowest BCUT2D eigenvalue weighted by molar-refractivity contribution is -0.114. The van der Waals surface area contributed by atoms with E-state index in [1.54, 1.807) is 36.3 Å². The van der Waals surface area contributed by atoms with Gasteiger partial charge in [0.25, 0.3) is 0 Å². The van der Waals surface area contributed by atoms with Gasteiger partial charge in [-0.3, -0.25) is 14.6 Å². The Balaban J connectivity index is 1.51. The lowest BCUT2D eigenvalue weighted by atomic mass is 9.67. The second-order valence-corrected chi connectivity index (χ2v) is 8.45. The van der Waals surface area contributed by atoms with E-state index in [4.69, 9.17) is 9.72 Å². The predicted molar refractivity (Wildman–Crippen MR) is 119 cm³/mol. The van der Waals surface area contributed by atoms with E-state index in [9.17, 15) is 10.1 Å². The molecule has 0 aliphatic heterocycles. The Hall–Kier alpha value is -4.04. The zero-order chi connectivity index (χ0) is 23.0. The van der Waals surface area contributed by atoms with Gasteiger partial charge in [0, 0.05) is 38.5 Å². The van der Waals surface area contributed by atoms with Crippen LogP contribution in [-0.4, -0.2) is 54.2 Å². The van der Waals surface area contributed by atoms with Crippen LogP contribution in [-0.2, 0) is 15.1 Å². The highest BCUT2D eigenvalue weighted by molar-refractivity contribution is 5.88. The average molecular weight is 445 g/mol. The number of carbonyl (C=O) groups is 1. The molecule has 11 heteroatoms. The summed E-state index contributed by atoms with van der Waals surface area (Å²) in [5, 5.41) is 28.1. The molecule has 0 bridgehead atoms. The minimum Gasteiger partial charge on any atom is -0.384 e. The van der Waals surface area contributed by atoms with Gasteiger partial charge in [-0.1, -0.05) is 0 Å². The number of aromatic amines is 1. The molecule has 0 spiro atoms. The molecule has 0 saturated heterocycles. The number of methoxy groups -OCH3 is 1. The number of hydrogen-bond donors (Lipinski definition) is 2. The standard InChI is InChI=1S/C22H23N9O2/c1-14(32)26-20-7-17(28-29-20)18-12-30-19(3-6-24-30)21(27-18)16-10-25-31(11-16)22(4-5-23)8-15(9-22)13-33-2/h3,6-7,10-12,15H,4,8-9,13H2,1-2H3,(H2,26,28,29,32)/t15-,22-. The van der Waals surface area contributed by atoms with Crippen molar-refractivity contribution in [1.82, 2.24) is 34.6 Å². The van der Waals surface area contributed by atoms with Gasteiger partial charge < -0.3 is 10.1 Å². The third-order valence-corrected chi connectivity index (χ3v) is 6.03. The Labute approximate surface area is 189 Å². The number of nitriles is 1. The van der Waals surface area contributed by atoms with Crippen molar-refractivity contribution < 1.29 is 9.53 Å². The molecule has 0 atom stereocenters. The minimum absolute atomic E-state index is 0.191. The number of hydrogen-bond acceptors (Lipinski definition) is 7. The van der Waals surface area contributed by atoms with Crippen molar-refractivity contribution in [2.24, 2.45) is 5.92 Å². The summed E-state index contributed by atoms with van der Waals surface area (Å²) in [4.78, 5) is 16.2. The highest BCUT2D eigenvalue weighted by Gasteiger charge is 2.46. The van der Waals surface area contributed by atoms with Crippen molar-refractivity contribution in [3.8, 4) is 28.7 Å². The van der Waals surface area contributed by atoms with E-state index >= 15 is 0 Å². The molecule has 4 aromatic rings. The molecule has 0 aromatic carbocycles. The summed E-state index contributed by atoms with van der Waals surface area (Å²) in [6.45, 7) is 2.12. The molecule has 1 aliphatic rings. The SMILES string of the molecule is COC[C@H]1C[C@](CC#N)(n2cc(-c3nc(-c4cc(NC(C)=O)[nH]n4)cn4nccc34)cn2)C1. The number of nitrogens with zero attached hydrogens (tertiary/aromatic N) is 7. The highest BCUT2D eigenvalue weighted by atomic mass is 16.5. The van der Waals surface area contributed by atoms with Gasteiger partial charge in [-0.15, -0.1) is 0 Å². The molecule has 1 aliphatic carbocycles. The number of rotatable bonds is 7. The maximum absolute atomic E-state index is 11.3. The number of aromatic nitrogens is 7. The van der Waals surface area contributed by atoms with Crippen LogP contribution in [0.2, 0.25) is 0 Å². The van der Waals surface area contributed by atoms with Gasteiger partial charge in [-0.05, 0) is 24.8 Å². The fraction of sp³-hybridized carbons (Fsp3) is 0.364. The van der Waals surface area contributed by atoms with Gasteiger partial charge in [0.1, 0.15) is 17.2 Å². The van der Waals surface area contributed by atoms with Crippen LogP contribution in [0, 0.1) is 17.2 Å². The van der Waals surface area contributed by atoms with Gasteiger partial charge in [0.05, 0.1) is 47.8 Å². The summed E-state index contributed by atoms with van der Waals surface area (Å²) >= 11 is 0. The second kappa shape index (κ2) is 8.14. The van der Waals surface area contributed by atoms with Crippen molar-refractivity contribution in [3.63, 3.8) is 0 Å². The number of nitrogens with one attached hydrogen (secondary N) is 2. The average Bonchev–Trinajstić information content (AvgIpc) is 3.51. The first-order chi connectivity index (χ1) is 16.0. The number of fused-ring (bicyclic) bond motifs is 1. The van der Waals surface area contributed by atoms with E-state index in [1.807, 2.05) is 16.9 Å².